The van der Waals surface area contributed by atoms with Gasteiger partial charge >= 0.3 is 0 Å². The number of nitrogens with one attached hydrogen (secondary N) is 2. The van der Waals surface area contributed by atoms with Crippen LogP contribution in [0.2, 0.25) is 5.02 Å². The van der Waals surface area contributed by atoms with Crippen LogP contribution in [0.5, 0.6) is 0 Å². The van der Waals surface area contributed by atoms with Gasteiger partial charge in [0.2, 0.25) is 0 Å². The van der Waals surface area contributed by atoms with Gasteiger partial charge in [-0.1, -0.05) is 17.7 Å². The molecule has 5 nitrogen and oxygen atoms in total. The lowest BCUT2D eigenvalue weighted by Crippen LogP contribution is -2.40. The Kier molecular flexibility index (Phi) is 6.60. The van der Waals surface area contributed by atoms with Crippen molar-refractivity contribution in [2.24, 2.45) is 0 Å². The van der Waals surface area contributed by atoms with Gasteiger partial charge in [-0.15, -0.1) is 0 Å². The second-order valence-electron chi connectivity index (χ2n) is 8.10. The van der Waals surface area contributed by atoms with E-state index in [0.29, 0.717) is 28.8 Å². The third kappa shape index (κ3) is 5.26. The number of pyridine rings is 1. The number of aromatic amines is 1. The van der Waals surface area contributed by atoms with E-state index in [9.17, 15) is 4.79 Å². The predicted molar refractivity (Wildman–Crippen MR) is 131 cm³/mol. The Morgan fingerprint density at radius 2 is 2.06 bits per heavy atom. The highest BCUT2D eigenvalue weighted by molar-refractivity contribution is 7.80. The number of thiocarbonyl (C=S) groups is 1. The Balaban J connectivity index is 1.62. The van der Waals surface area contributed by atoms with Crippen molar-refractivity contribution in [3.8, 4) is 0 Å². The molecule has 2 N–H and O–H groups in total. The second kappa shape index (κ2) is 9.39. The summed E-state index contributed by atoms with van der Waals surface area (Å²) < 4.78 is 5.83. The molecule has 0 bridgehead atoms. The lowest BCUT2D eigenvalue weighted by Gasteiger charge is -2.28. The minimum absolute atomic E-state index is 0.0985. The molecule has 0 amide bonds. The van der Waals surface area contributed by atoms with Crippen molar-refractivity contribution in [1.29, 1.82) is 0 Å². The number of halogens is 1. The van der Waals surface area contributed by atoms with Crippen LogP contribution in [0.25, 0.3) is 10.9 Å². The van der Waals surface area contributed by atoms with Gasteiger partial charge in [-0.05, 0) is 91.8 Å². The van der Waals surface area contributed by atoms with Crippen LogP contribution in [0.1, 0.15) is 29.5 Å². The highest BCUT2D eigenvalue weighted by Gasteiger charge is 2.22. The molecule has 162 valence electrons. The third-order valence-corrected chi connectivity index (χ3v) is 6.30. The van der Waals surface area contributed by atoms with Crippen molar-refractivity contribution >= 4 is 45.5 Å². The maximum Gasteiger partial charge on any atom is 0.253 e. The molecule has 0 unspecified atom stereocenters. The molecule has 4 rings (SSSR count). The number of rotatable bonds is 5. The van der Waals surface area contributed by atoms with Crippen LogP contribution in [-0.2, 0) is 11.3 Å². The molecule has 0 radical (unpaired) electrons. The summed E-state index contributed by atoms with van der Waals surface area (Å²) in [6.07, 6.45) is 2.13. The molecule has 1 aromatic heterocycles. The highest BCUT2D eigenvalue weighted by atomic mass is 35.5. The van der Waals surface area contributed by atoms with Crippen LogP contribution >= 0.6 is 23.8 Å². The molecule has 31 heavy (non-hydrogen) atoms. The van der Waals surface area contributed by atoms with E-state index < -0.39 is 0 Å². The first-order valence-electron chi connectivity index (χ1n) is 10.5. The number of aromatic nitrogens is 1. The van der Waals surface area contributed by atoms with E-state index >= 15 is 0 Å². The summed E-state index contributed by atoms with van der Waals surface area (Å²) in [5.74, 6) is 0. The van der Waals surface area contributed by atoms with E-state index in [1.165, 1.54) is 5.56 Å². The van der Waals surface area contributed by atoms with Gasteiger partial charge in [0, 0.05) is 34.9 Å². The molecule has 0 spiro atoms. The Hall–Kier alpha value is -2.41. The molecule has 0 saturated carbocycles. The van der Waals surface area contributed by atoms with E-state index in [-0.39, 0.29) is 11.7 Å². The van der Waals surface area contributed by atoms with Crippen molar-refractivity contribution < 1.29 is 4.74 Å². The summed E-state index contributed by atoms with van der Waals surface area (Å²) in [6, 6.07) is 13.5. The van der Waals surface area contributed by atoms with Gasteiger partial charge in [0.05, 0.1) is 12.6 Å². The maximum absolute atomic E-state index is 12.8. The zero-order valence-corrected chi connectivity index (χ0v) is 19.3. The van der Waals surface area contributed by atoms with Gasteiger partial charge in [-0.3, -0.25) is 4.79 Å². The van der Waals surface area contributed by atoms with E-state index in [1.807, 2.05) is 48.2 Å². The smallest absolute Gasteiger partial charge is 0.253 e. The molecule has 1 atom stereocenters. The van der Waals surface area contributed by atoms with Gasteiger partial charge in [-0.25, -0.2) is 0 Å². The molecule has 7 heteroatoms. The average Bonchev–Trinajstić information content (AvgIpc) is 3.23. The zero-order chi connectivity index (χ0) is 22.0. The highest BCUT2D eigenvalue weighted by Crippen LogP contribution is 2.20. The lowest BCUT2D eigenvalue weighted by molar-refractivity contribution is 0.0904. The van der Waals surface area contributed by atoms with Crippen molar-refractivity contribution in [1.82, 2.24) is 9.88 Å². The lowest BCUT2D eigenvalue weighted by atomic mass is 10.0. The largest absolute Gasteiger partial charge is 0.376 e. The summed E-state index contributed by atoms with van der Waals surface area (Å²) in [5.41, 5.74) is 4.58. The molecular weight excluding hydrogens is 430 g/mol. The summed E-state index contributed by atoms with van der Waals surface area (Å²) in [7, 11) is 0. The fourth-order valence-electron chi connectivity index (χ4n) is 3.87. The first kappa shape index (κ1) is 21.8. The van der Waals surface area contributed by atoms with Crippen LogP contribution in [0.15, 0.2) is 47.3 Å². The van der Waals surface area contributed by atoms with Gasteiger partial charge < -0.3 is 19.9 Å². The fraction of sp³-hybridized carbons (Fsp3) is 0.333. The monoisotopic (exact) mass is 455 g/mol. The number of anilines is 1. The number of hydrogen-bond donors (Lipinski definition) is 2. The number of hydrogen-bond acceptors (Lipinski definition) is 3. The van der Waals surface area contributed by atoms with E-state index in [0.717, 1.165) is 41.6 Å². The topological polar surface area (TPSA) is 57.4 Å². The van der Waals surface area contributed by atoms with Crippen LogP contribution in [-0.4, -0.2) is 34.3 Å². The number of nitrogens with zero attached hydrogens (tertiary/aromatic N) is 1. The first-order valence-corrected chi connectivity index (χ1v) is 11.2. The van der Waals surface area contributed by atoms with Crippen molar-refractivity contribution in [2.45, 2.75) is 39.3 Å². The number of H-pyrrole nitrogens is 1. The molecule has 2 heterocycles. The van der Waals surface area contributed by atoms with Gasteiger partial charge in [0.25, 0.3) is 5.56 Å². The van der Waals surface area contributed by atoms with Gasteiger partial charge in [0.1, 0.15) is 0 Å². The minimum atomic E-state index is -0.0985. The van der Waals surface area contributed by atoms with Gasteiger partial charge in [-0.2, -0.15) is 0 Å². The van der Waals surface area contributed by atoms with E-state index in [4.69, 9.17) is 28.6 Å². The summed E-state index contributed by atoms with van der Waals surface area (Å²) in [5, 5.41) is 5.45. The molecular formula is C24H26ClN3O2S. The van der Waals surface area contributed by atoms with Crippen LogP contribution < -0.4 is 10.9 Å². The standard InChI is InChI=1S/C24H26ClN3O2S/c1-15-9-17-11-18(23(29)27-22(17)10-16(15)2)13-28(14-21-7-4-8-30-21)24(31)26-20-6-3-5-19(25)12-20/h3,5-6,9-12,21H,4,7-8,13-14H2,1-2H3,(H,26,31)(H,27,29)/t21-/m1/s1. The third-order valence-electron chi connectivity index (χ3n) is 5.71. The molecule has 1 aliphatic heterocycles. The van der Waals surface area contributed by atoms with Crippen LogP contribution in [0, 0.1) is 13.8 Å². The molecule has 3 aromatic rings. The Labute approximate surface area is 192 Å². The second-order valence-corrected chi connectivity index (χ2v) is 8.93. The SMILES string of the molecule is Cc1cc2cc(CN(C[C@H]3CCCO3)C(=S)Nc3cccc(Cl)c3)c(=O)[nH]c2cc1C. The average molecular weight is 456 g/mol. The molecule has 1 aliphatic rings. The first-order chi connectivity index (χ1) is 14.9. The minimum Gasteiger partial charge on any atom is -0.376 e. The van der Waals surface area contributed by atoms with Crippen LogP contribution in [0.4, 0.5) is 5.69 Å². The van der Waals surface area contributed by atoms with Crippen molar-refractivity contribution in [3.05, 3.63) is 74.5 Å². The quantitative estimate of drug-likeness (QED) is 0.519. The number of aryl methyl sites for hydroxylation is 2. The Morgan fingerprint density at radius 1 is 1.26 bits per heavy atom. The normalized spacial score (nSPS) is 15.9. The summed E-state index contributed by atoms with van der Waals surface area (Å²) >= 11 is 11.8. The molecule has 1 fully saturated rings. The molecule has 1 saturated heterocycles. The number of fused-ring (bicyclic) bond motifs is 1. The predicted octanol–water partition coefficient (Wildman–Crippen LogP) is 5.18. The molecule has 2 aromatic carbocycles. The number of ether oxygens (including phenoxy) is 1. The van der Waals surface area contributed by atoms with E-state index in [1.54, 1.807) is 0 Å². The zero-order valence-electron chi connectivity index (χ0n) is 17.7. The van der Waals surface area contributed by atoms with E-state index in [2.05, 4.69) is 23.3 Å². The van der Waals surface area contributed by atoms with Crippen LogP contribution in [0.3, 0.4) is 0 Å². The Bertz CT molecular complexity index is 1170. The summed E-state index contributed by atoms with van der Waals surface area (Å²) in [4.78, 5) is 17.9. The van der Waals surface area contributed by atoms with Crippen molar-refractivity contribution in [3.63, 3.8) is 0 Å². The van der Waals surface area contributed by atoms with Gasteiger partial charge in [0.15, 0.2) is 5.11 Å². The fourth-order valence-corrected chi connectivity index (χ4v) is 4.31. The molecule has 0 aliphatic carbocycles. The maximum atomic E-state index is 12.8. The Morgan fingerprint density at radius 3 is 2.81 bits per heavy atom. The number of benzene rings is 2. The van der Waals surface area contributed by atoms with Crippen molar-refractivity contribution in [2.75, 3.05) is 18.5 Å². The summed E-state index contributed by atoms with van der Waals surface area (Å²) in [6.45, 7) is 5.90.